The lowest BCUT2D eigenvalue weighted by molar-refractivity contribution is -0.137. The molecule has 0 amide bonds. The first kappa shape index (κ1) is 24.9. The summed E-state index contributed by atoms with van der Waals surface area (Å²) in [4.78, 5) is 12.3. The van der Waals surface area contributed by atoms with Crippen LogP contribution in [0.5, 0.6) is 0 Å². The molecule has 0 bridgehead atoms. The fourth-order valence-electron chi connectivity index (χ4n) is 3.25. The zero-order valence-corrected chi connectivity index (χ0v) is 20.3. The van der Waals surface area contributed by atoms with E-state index in [9.17, 15) is 13.2 Å². The summed E-state index contributed by atoms with van der Waals surface area (Å²) in [5.74, 6) is 0.734. The Morgan fingerprint density at radius 1 is 1.37 bits per heavy atom. The van der Waals surface area contributed by atoms with Crippen LogP contribution in [-0.4, -0.2) is 42.1 Å². The second-order valence-electron chi connectivity index (χ2n) is 6.84. The third-order valence-corrected chi connectivity index (χ3v) is 5.72. The fourth-order valence-corrected chi connectivity index (χ4v) is 4.11. The van der Waals surface area contributed by atoms with Crippen molar-refractivity contribution in [1.29, 1.82) is 0 Å². The predicted octanol–water partition coefficient (Wildman–Crippen LogP) is 4.94. The molecule has 1 aliphatic rings. The molecule has 1 fully saturated rings. The quantitative estimate of drug-likeness (QED) is 0.331. The molecule has 1 aromatic carbocycles. The van der Waals surface area contributed by atoms with Crippen LogP contribution in [0.2, 0.25) is 0 Å². The maximum Gasteiger partial charge on any atom is 0.416 e. The number of nitrogens with one attached hydrogen (secondary N) is 1. The second-order valence-corrected chi connectivity index (χ2v) is 8.13. The lowest BCUT2D eigenvalue weighted by atomic mass is 10.0. The normalized spacial score (nSPS) is 17.6. The van der Waals surface area contributed by atoms with Crippen molar-refractivity contribution in [1.82, 2.24) is 15.2 Å². The van der Waals surface area contributed by atoms with Crippen LogP contribution in [0.15, 0.2) is 29.3 Å². The van der Waals surface area contributed by atoms with Crippen molar-refractivity contribution in [2.24, 2.45) is 4.99 Å². The van der Waals surface area contributed by atoms with Gasteiger partial charge in [0, 0.05) is 18.0 Å². The lowest BCUT2D eigenvalue weighted by Crippen LogP contribution is -2.48. The molecule has 2 heterocycles. The third kappa shape index (κ3) is 6.30. The van der Waals surface area contributed by atoms with Crippen molar-refractivity contribution in [2.45, 2.75) is 39.6 Å². The number of alkyl halides is 3. The lowest BCUT2D eigenvalue weighted by Gasteiger charge is -2.35. The average molecular weight is 554 g/mol. The van der Waals surface area contributed by atoms with Gasteiger partial charge in [0.2, 0.25) is 0 Å². The van der Waals surface area contributed by atoms with Crippen LogP contribution < -0.4 is 5.32 Å². The first-order valence-electron chi connectivity index (χ1n) is 9.53. The summed E-state index contributed by atoms with van der Waals surface area (Å²) in [6.07, 6.45) is -4.81. The van der Waals surface area contributed by atoms with Gasteiger partial charge in [0.15, 0.2) is 5.96 Å². The number of guanidine groups is 1. The van der Waals surface area contributed by atoms with Crippen LogP contribution in [0.4, 0.5) is 13.2 Å². The third-order valence-electron chi connectivity index (χ3n) is 4.66. The van der Waals surface area contributed by atoms with Gasteiger partial charge in [-0.3, -0.25) is 0 Å². The second kappa shape index (κ2) is 10.8. The average Bonchev–Trinajstić information content (AvgIpc) is 3.02. The topological polar surface area (TPSA) is 49.8 Å². The van der Waals surface area contributed by atoms with Gasteiger partial charge in [-0.1, -0.05) is 12.1 Å². The monoisotopic (exact) mass is 554 g/mol. The number of hydrogen-bond donors (Lipinski definition) is 1. The molecule has 2 aromatic rings. The van der Waals surface area contributed by atoms with Crippen molar-refractivity contribution < 1.29 is 17.9 Å². The Morgan fingerprint density at radius 2 is 2.13 bits per heavy atom. The van der Waals surface area contributed by atoms with Gasteiger partial charge in [-0.15, -0.1) is 35.3 Å². The predicted molar refractivity (Wildman–Crippen MR) is 124 cm³/mol. The van der Waals surface area contributed by atoms with Crippen molar-refractivity contribution in [2.75, 3.05) is 26.2 Å². The molecule has 1 aromatic heterocycles. The molecule has 0 saturated carbocycles. The summed E-state index contributed by atoms with van der Waals surface area (Å²) in [6, 6.07) is 5.35. The minimum Gasteiger partial charge on any atom is -0.370 e. The minimum absolute atomic E-state index is 0. The highest BCUT2D eigenvalue weighted by atomic mass is 127. The summed E-state index contributed by atoms with van der Waals surface area (Å²) < 4.78 is 44.9. The molecule has 5 nitrogen and oxygen atoms in total. The Hall–Kier alpha value is -1.40. The van der Waals surface area contributed by atoms with Gasteiger partial charge in [-0.25, -0.2) is 9.98 Å². The molecule has 3 rings (SSSR count). The van der Waals surface area contributed by atoms with Crippen molar-refractivity contribution in [3.8, 4) is 0 Å². The maximum absolute atomic E-state index is 13.1. The summed E-state index contributed by atoms with van der Waals surface area (Å²) >= 11 is 1.63. The summed E-state index contributed by atoms with van der Waals surface area (Å²) in [5.41, 5.74) is 0.845. The molecule has 0 spiro atoms. The Labute approximate surface area is 195 Å². The van der Waals surface area contributed by atoms with E-state index in [4.69, 9.17) is 9.73 Å². The molecule has 30 heavy (non-hydrogen) atoms. The van der Waals surface area contributed by atoms with E-state index in [-0.39, 0.29) is 24.0 Å². The molecule has 1 atom stereocenters. The number of morpholine rings is 1. The van der Waals surface area contributed by atoms with E-state index in [1.54, 1.807) is 17.4 Å². The van der Waals surface area contributed by atoms with Gasteiger partial charge in [0.05, 0.1) is 36.0 Å². The number of nitrogens with zero attached hydrogens (tertiary/aromatic N) is 3. The van der Waals surface area contributed by atoms with Crippen LogP contribution in [0, 0.1) is 13.8 Å². The van der Waals surface area contributed by atoms with E-state index in [0.717, 1.165) is 27.6 Å². The molecular formula is C20H26F3IN4OS. The molecule has 0 aliphatic carbocycles. The van der Waals surface area contributed by atoms with Gasteiger partial charge in [-0.05, 0) is 38.5 Å². The van der Waals surface area contributed by atoms with E-state index in [2.05, 4.69) is 10.3 Å². The molecule has 166 valence electrons. The fraction of sp³-hybridized carbons (Fsp3) is 0.500. The van der Waals surface area contributed by atoms with Gasteiger partial charge in [0.1, 0.15) is 6.10 Å². The molecule has 1 unspecified atom stereocenters. The van der Waals surface area contributed by atoms with E-state index >= 15 is 0 Å². The number of rotatable bonds is 4. The zero-order valence-electron chi connectivity index (χ0n) is 17.1. The largest absolute Gasteiger partial charge is 0.416 e. The van der Waals surface area contributed by atoms with Gasteiger partial charge >= 0.3 is 6.18 Å². The van der Waals surface area contributed by atoms with E-state index < -0.39 is 17.8 Å². The number of benzene rings is 1. The number of thiazole rings is 1. The minimum atomic E-state index is -4.37. The van der Waals surface area contributed by atoms with Gasteiger partial charge in [0.25, 0.3) is 0 Å². The number of hydrogen-bond acceptors (Lipinski definition) is 4. The maximum atomic E-state index is 13.1. The highest BCUT2D eigenvalue weighted by molar-refractivity contribution is 14.0. The highest BCUT2D eigenvalue weighted by Crippen LogP contribution is 2.32. The van der Waals surface area contributed by atoms with Crippen molar-refractivity contribution >= 4 is 41.3 Å². The Morgan fingerprint density at radius 3 is 2.77 bits per heavy atom. The van der Waals surface area contributed by atoms with E-state index in [1.807, 2.05) is 25.7 Å². The van der Waals surface area contributed by atoms with Crippen molar-refractivity contribution in [3.05, 3.63) is 51.0 Å². The standard InChI is InChI=1S/C20H25F3N4OS.HI/c1-4-24-19(25-11-18-13(2)26-14(3)29-18)27-8-9-28-17(12-27)15-6-5-7-16(10-15)20(21,22)23;/h5-7,10,17H,4,8-9,11-12H2,1-3H3,(H,24,25);1H. The Bertz CT molecular complexity index is 872. The Balaban J connectivity index is 0.00000320. The van der Waals surface area contributed by atoms with Crippen molar-refractivity contribution in [3.63, 3.8) is 0 Å². The highest BCUT2D eigenvalue weighted by Gasteiger charge is 2.32. The van der Waals surface area contributed by atoms with E-state index in [0.29, 0.717) is 38.3 Å². The zero-order chi connectivity index (χ0) is 21.0. The number of halogens is 4. The molecular weight excluding hydrogens is 528 g/mol. The van der Waals surface area contributed by atoms with Crippen LogP contribution >= 0.6 is 35.3 Å². The first-order chi connectivity index (χ1) is 13.8. The smallest absolute Gasteiger partial charge is 0.370 e. The molecule has 0 radical (unpaired) electrons. The number of aliphatic imine (C=N–C) groups is 1. The molecule has 1 saturated heterocycles. The van der Waals surface area contributed by atoms with Crippen LogP contribution in [0.3, 0.4) is 0 Å². The molecule has 1 N–H and O–H groups in total. The summed E-state index contributed by atoms with van der Waals surface area (Å²) in [5, 5.41) is 4.29. The summed E-state index contributed by atoms with van der Waals surface area (Å²) in [6.45, 7) is 8.63. The number of aromatic nitrogens is 1. The SMILES string of the molecule is CCNC(=NCc1sc(C)nc1C)N1CCOC(c2cccc(C(F)(F)F)c2)C1.I. The molecule has 1 aliphatic heterocycles. The van der Waals surface area contributed by atoms with Crippen LogP contribution in [-0.2, 0) is 17.5 Å². The Kier molecular flexibility index (Phi) is 8.92. The number of ether oxygens (including phenoxy) is 1. The summed E-state index contributed by atoms with van der Waals surface area (Å²) in [7, 11) is 0. The van der Waals surface area contributed by atoms with Gasteiger partial charge < -0.3 is 15.0 Å². The number of aryl methyl sites for hydroxylation is 2. The van der Waals surface area contributed by atoms with E-state index in [1.165, 1.54) is 12.1 Å². The first-order valence-corrected chi connectivity index (χ1v) is 10.3. The van der Waals surface area contributed by atoms with Gasteiger partial charge in [-0.2, -0.15) is 13.2 Å². The van der Waals surface area contributed by atoms with Crippen LogP contribution in [0.25, 0.3) is 0 Å². The van der Waals surface area contributed by atoms with Crippen LogP contribution in [0.1, 0.15) is 39.7 Å². The molecule has 10 heteroatoms.